The van der Waals surface area contributed by atoms with Crippen molar-refractivity contribution in [2.24, 2.45) is 0 Å². The van der Waals surface area contributed by atoms with Gasteiger partial charge in [-0.05, 0) is 49.0 Å². The number of benzene rings is 2. The largest absolute Gasteiger partial charge is 0.438 e. The molecule has 1 fully saturated rings. The Morgan fingerprint density at radius 1 is 1.09 bits per heavy atom. The highest BCUT2D eigenvalue weighted by molar-refractivity contribution is 6.00. The van der Waals surface area contributed by atoms with Crippen LogP contribution in [0.5, 0.6) is 11.6 Å². The predicted octanol–water partition coefficient (Wildman–Crippen LogP) is 4.32. The normalized spacial score (nSPS) is 14.2. The molecule has 1 aliphatic heterocycles. The van der Waals surface area contributed by atoms with E-state index in [4.69, 9.17) is 4.74 Å². The second-order valence-corrected chi connectivity index (χ2v) is 8.66. The van der Waals surface area contributed by atoms with Gasteiger partial charge < -0.3 is 24.4 Å². The van der Waals surface area contributed by atoms with Crippen LogP contribution >= 0.6 is 0 Å². The maximum atomic E-state index is 12.0. The monoisotopic (exact) mass is 468 g/mol. The summed E-state index contributed by atoms with van der Waals surface area (Å²) in [6.45, 7) is 7.78. The van der Waals surface area contributed by atoms with Gasteiger partial charge in [0.15, 0.2) is 0 Å². The molecule has 0 spiro atoms. The number of hydrogen-bond acceptors (Lipinski definition) is 6. The molecule has 4 aromatic rings. The van der Waals surface area contributed by atoms with E-state index < -0.39 is 0 Å². The van der Waals surface area contributed by atoms with Crippen LogP contribution in [0.15, 0.2) is 73.6 Å². The Hall–Kier alpha value is -4.17. The molecular formula is C27H28N6O2. The lowest BCUT2D eigenvalue weighted by molar-refractivity contribution is -0.113. The second-order valence-electron chi connectivity index (χ2n) is 8.66. The zero-order chi connectivity index (χ0) is 24.4. The third-order valence-electron chi connectivity index (χ3n) is 6.36. The van der Waals surface area contributed by atoms with Gasteiger partial charge in [0.1, 0.15) is 17.7 Å². The van der Waals surface area contributed by atoms with Gasteiger partial charge in [-0.1, -0.05) is 24.8 Å². The molecule has 0 aliphatic carbocycles. The molecule has 0 unspecified atom stereocenters. The number of carbonyl (C=O) groups excluding carboxylic acids is 1. The van der Waals surface area contributed by atoms with Gasteiger partial charge in [0, 0.05) is 56.4 Å². The van der Waals surface area contributed by atoms with E-state index in [0.717, 1.165) is 42.8 Å². The van der Waals surface area contributed by atoms with Crippen molar-refractivity contribution in [2.45, 2.75) is 0 Å². The van der Waals surface area contributed by atoms with Gasteiger partial charge in [0.2, 0.25) is 11.8 Å². The first kappa shape index (κ1) is 22.6. The van der Waals surface area contributed by atoms with Gasteiger partial charge in [-0.3, -0.25) is 4.79 Å². The summed E-state index contributed by atoms with van der Waals surface area (Å²) in [5.41, 5.74) is 4.65. The number of nitrogens with zero attached hydrogens (tertiary/aromatic N) is 5. The minimum Gasteiger partial charge on any atom is -0.438 e. The van der Waals surface area contributed by atoms with Crippen molar-refractivity contribution in [1.82, 2.24) is 19.9 Å². The molecule has 1 saturated heterocycles. The molecule has 0 atom stereocenters. The van der Waals surface area contributed by atoms with E-state index in [0.29, 0.717) is 23.0 Å². The molecule has 8 heteroatoms. The van der Waals surface area contributed by atoms with Crippen molar-refractivity contribution in [1.29, 1.82) is 0 Å². The molecule has 0 radical (unpaired) electrons. The minimum absolute atomic E-state index is 0.194. The van der Waals surface area contributed by atoms with E-state index in [1.54, 1.807) is 13.1 Å². The molecule has 2 aromatic carbocycles. The highest BCUT2D eigenvalue weighted by Crippen LogP contribution is 2.32. The number of anilines is 2. The van der Waals surface area contributed by atoms with Gasteiger partial charge >= 0.3 is 0 Å². The molecule has 8 nitrogen and oxygen atoms in total. The highest BCUT2D eigenvalue weighted by atomic mass is 16.5. The van der Waals surface area contributed by atoms with Gasteiger partial charge in [0.05, 0.1) is 5.39 Å². The average molecular weight is 469 g/mol. The Labute approximate surface area is 204 Å². The number of H-pyrrole nitrogens is 1. The van der Waals surface area contributed by atoms with Crippen molar-refractivity contribution >= 4 is 28.3 Å². The average Bonchev–Trinajstić information content (AvgIpc) is 3.34. The Bertz CT molecular complexity index is 1360. The summed E-state index contributed by atoms with van der Waals surface area (Å²) in [5.74, 6) is 0.826. The quantitative estimate of drug-likeness (QED) is 0.425. The van der Waals surface area contributed by atoms with E-state index in [1.807, 2.05) is 24.3 Å². The van der Waals surface area contributed by atoms with Crippen molar-refractivity contribution in [2.75, 3.05) is 50.1 Å². The van der Waals surface area contributed by atoms with Crippen LogP contribution < -0.4 is 14.5 Å². The van der Waals surface area contributed by atoms with Crippen LogP contribution in [0.1, 0.15) is 0 Å². The number of nitrogens with one attached hydrogen (secondary N) is 1. The van der Waals surface area contributed by atoms with Crippen molar-refractivity contribution in [3.63, 3.8) is 0 Å². The van der Waals surface area contributed by atoms with Crippen molar-refractivity contribution in [3.8, 4) is 22.9 Å². The number of amides is 1. The second kappa shape index (κ2) is 9.60. The fourth-order valence-corrected chi connectivity index (χ4v) is 4.20. The van der Waals surface area contributed by atoms with Crippen LogP contribution in [0.25, 0.3) is 22.3 Å². The molecule has 2 aromatic heterocycles. The number of likely N-dealkylation sites (N-methyl/N-ethyl adjacent to an activating group) is 2. The molecule has 1 amide bonds. The molecule has 1 N–H and O–H groups in total. The Balaban J connectivity index is 1.38. The summed E-state index contributed by atoms with van der Waals surface area (Å²) >= 11 is 0. The fourth-order valence-electron chi connectivity index (χ4n) is 4.20. The Kier molecular flexibility index (Phi) is 6.20. The maximum absolute atomic E-state index is 12.0. The number of fused-ring (bicyclic) bond motifs is 1. The summed E-state index contributed by atoms with van der Waals surface area (Å²) < 4.78 is 6.11. The number of piperazine rings is 1. The van der Waals surface area contributed by atoms with Crippen LogP contribution in [0, 0.1) is 0 Å². The number of rotatable bonds is 6. The van der Waals surface area contributed by atoms with Crippen LogP contribution in [-0.4, -0.2) is 66.0 Å². The van der Waals surface area contributed by atoms with E-state index in [2.05, 4.69) is 62.6 Å². The lowest BCUT2D eigenvalue weighted by Gasteiger charge is -2.34. The third-order valence-corrected chi connectivity index (χ3v) is 6.36. The standard InChI is InChI=1S/C27H28N6O2/c1-4-25(34)32(3)21-6-5-7-22(16-21)35-27-23-17-24(30-26(23)28-18-29-27)19-8-10-20(11-9-19)33-14-12-31(2)13-15-33/h4-11,16-18H,1,12-15H2,2-3H3,(H,28,29,30). The highest BCUT2D eigenvalue weighted by Gasteiger charge is 2.16. The zero-order valence-corrected chi connectivity index (χ0v) is 19.9. The number of aromatic nitrogens is 3. The maximum Gasteiger partial charge on any atom is 0.250 e. The predicted molar refractivity (Wildman–Crippen MR) is 139 cm³/mol. The summed E-state index contributed by atoms with van der Waals surface area (Å²) in [6, 6.07) is 17.9. The summed E-state index contributed by atoms with van der Waals surface area (Å²) in [4.78, 5) is 30.4. The fraction of sp³-hybridized carbons (Fsp3) is 0.222. The summed E-state index contributed by atoms with van der Waals surface area (Å²) in [5, 5.41) is 0.784. The number of aromatic amines is 1. The number of hydrogen-bond donors (Lipinski definition) is 1. The molecule has 3 heterocycles. The van der Waals surface area contributed by atoms with E-state index in [9.17, 15) is 4.79 Å². The first-order valence-electron chi connectivity index (χ1n) is 11.6. The molecular weight excluding hydrogens is 440 g/mol. The zero-order valence-electron chi connectivity index (χ0n) is 19.9. The van der Waals surface area contributed by atoms with E-state index in [1.165, 1.54) is 23.0 Å². The third kappa shape index (κ3) is 4.74. The van der Waals surface area contributed by atoms with Crippen molar-refractivity contribution in [3.05, 3.63) is 73.6 Å². The lowest BCUT2D eigenvalue weighted by atomic mass is 10.1. The molecule has 178 valence electrons. The van der Waals surface area contributed by atoms with Gasteiger partial charge in [0.25, 0.3) is 0 Å². The van der Waals surface area contributed by atoms with E-state index >= 15 is 0 Å². The van der Waals surface area contributed by atoms with Crippen molar-refractivity contribution < 1.29 is 9.53 Å². The number of ether oxygens (including phenoxy) is 1. The summed E-state index contributed by atoms with van der Waals surface area (Å²) in [7, 11) is 3.86. The first-order chi connectivity index (χ1) is 17.0. The van der Waals surface area contributed by atoms with Crippen LogP contribution in [0.2, 0.25) is 0 Å². The Morgan fingerprint density at radius 3 is 2.60 bits per heavy atom. The topological polar surface area (TPSA) is 77.6 Å². The van der Waals surface area contributed by atoms with Crippen LogP contribution in [0.3, 0.4) is 0 Å². The molecule has 0 saturated carbocycles. The number of carbonyl (C=O) groups is 1. The molecule has 35 heavy (non-hydrogen) atoms. The SMILES string of the molecule is C=CC(=O)N(C)c1cccc(Oc2ncnc3[nH]c(-c4ccc(N5CCN(C)CC5)cc4)cc23)c1. The molecule has 5 rings (SSSR count). The van der Waals surface area contributed by atoms with Crippen LogP contribution in [-0.2, 0) is 4.79 Å². The van der Waals surface area contributed by atoms with E-state index in [-0.39, 0.29) is 5.91 Å². The molecule has 1 aliphatic rings. The minimum atomic E-state index is -0.194. The van der Waals surface area contributed by atoms with Gasteiger partial charge in [-0.25, -0.2) is 9.97 Å². The van der Waals surface area contributed by atoms with Crippen LogP contribution in [0.4, 0.5) is 11.4 Å². The Morgan fingerprint density at radius 2 is 1.86 bits per heavy atom. The molecule has 0 bridgehead atoms. The smallest absolute Gasteiger partial charge is 0.250 e. The first-order valence-corrected chi connectivity index (χ1v) is 11.6. The summed E-state index contributed by atoms with van der Waals surface area (Å²) in [6.07, 6.45) is 2.76. The van der Waals surface area contributed by atoms with Gasteiger partial charge in [-0.15, -0.1) is 0 Å². The van der Waals surface area contributed by atoms with Gasteiger partial charge in [-0.2, -0.15) is 0 Å². The lowest BCUT2D eigenvalue weighted by Crippen LogP contribution is -2.44.